The standard InChI is InChI=1S/C30H46/c1-4-5-6-7-8-9-10-11-12-13-14-15-16-17-30(28-22-18-26(2)19-23-28)29-24-20-27(3)21-25-29/h18-25,30H,4-17H2,1-3H3. The van der Waals surface area contributed by atoms with Gasteiger partial charge >= 0.3 is 0 Å². The summed E-state index contributed by atoms with van der Waals surface area (Å²) in [4.78, 5) is 0. The fraction of sp³-hybridized carbons (Fsp3) is 0.600. The van der Waals surface area contributed by atoms with E-state index in [2.05, 4.69) is 69.3 Å². The van der Waals surface area contributed by atoms with Crippen molar-refractivity contribution in [3.05, 3.63) is 70.8 Å². The second kappa shape index (κ2) is 15.3. The zero-order chi connectivity index (χ0) is 21.4. The molecule has 0 heteroatoms. The molecule has 0 aliphatic rings. The predicted molar refractivity (Wildman–Crippen MR) is 135 cm³/mol. The monoisotopic (exact) mass is 406 g/mol. The van der Waals surface area contributed by atoms with Crippen LogP contribution in [0.4, 0.5) is 0 Å². The molecule has 0 aromatic heterocycles. The van der Waals surface area contributed by atoms with E-state index in [1.165, 1.54) is 112 Å². The normalized spacial score (nSPS) is 11.3. The zero-order valence-corrected chi connectivity index (χ0v) is 20.1. The zero-order valence-electron chi connectivity index (χ0n) is 20.1. The molecular formula is C30H46. The van der Waals surface area contributed by atoms with E-state index in [4.69, 9.17) is 0 Å². The van der Waals surface area contributed by atoms with E-state index >= 15 is 0 Å². The number of hydrogen-bond donors (Lipinski definition) is 0. The van der Waals surface area contributed by atoms with Gasteiger partial charge in [-0.05, 0) is 31.4 Å². The van der Waals surface area contributed by atoms with E-state index in [-0.39, 0.29) is 0 Å². The van der Waals surface area contributed by atoms with Gasteiger partial charge in [0.25, 0.3) is 0 Å². The smallest absolute Gasteiger partial charge is 0.00893 e. The molecule has 2 aromatic rings. The summed E-state index contributed by atoms with van der Waals surface area (Å²) in [5, 5.41) is 0. The average molecular weight is 407 g/mol. The maximum absolute atomic E-state index is 2.34. The first-order chi connectivity index (χ1) is 14.7. The number of benzene rings is 2. The molecule has 0 radical (unpaired) electrons. The summed E-state index contributed by atoms with van der Waals surface area (Å²) >= 11 is 0. The van der Waals surface area contributed by atoms with Crippen LogP contribution in [0.15, 0.2) is 48.5 Å². The third-order valence-electron chi connectivity index (χ3n) is 6.56. The van der Waals surface area contributed by atoms with E-state index in [9.17, 15) is 0 Å². The van der Waals surface area contributed by atoms with Crippen LogP contribution in [0.1, 0.15) is 125 Å². The van der Waals surface area contributed by atoms with Crippen molar-refractivity contribution in [2.45, 2.75) is 117 Å². The van der Waals surface area contributed by atoms with Crippen LogP contribution >= 0.6 is 0 Å². The lowest BCUT2D eigenvalue weighted by Gasteiger charge is -2.19. The molecule has 0 bridgehead atoms. The van der Waals surface area contributed by atoms with Gasteiger partial charge in [0.05, 0.1) is 0 Å². The molecule has 0 aliphatic heterocycles. The lowest BCUT2D eigenvalue weighted by molar-refractivity contribution is 0.530. The van der Waals surface area contributed by atoms with Gasteiger partial charge in [-0.1, -0.05) is 150 Å². The quantitative estimate of drug-likeness (QED) is 0.243. The maximum Gasteiger partial charge on any atom is 0.00893 e. The molecule has 0 aliphatic carbocycles. The molecule has 30 heavy (non-hydrogen) atoms. The first-order valence-electron chi connectivity index (χ1n) is 12.8. The molecule has 0 unspecified atom stereocenters. The second-order valence-corrected chi connectivity index (χ2v) is 9.41. The van der Waals surface area contributed by atoms with Crippen LogP contribution in [-0.4, -0.2) is 0 Å². The molecular weight excluding hydrogens is 360 g/mol. The summed E-state index contributed by atoms with van der Waals surface area (Å²) < 4.78 is 0. The highest BCUT2D eigenvalue weighted by Gasteiger charge is 2.13. The number of hydrogen-bond acceptors (Lipinski definition) is 0. The van der Waals surface area contributed by atoms with Crippen LogP contribution in [0.5, 0.6) is 0 Å². The van der Waals surface area contributed by atoms with Crippen LogP contribution < -0.4 is 0 Å². The summed E-state index contributed by atoms with van der Waals surface area (Å²) in [5.74, 6) is 0.541. The fourth-order valence-corrected chi connectivity index (χ4v) is 4.49. The molecule has 2 rings (SSSR count). The Labute approximate surface area is 187 Å². The Morgan fingerprint density at radius 3 is 1.17 bits per heavy atom. The predicted octanol–water partition coefficient (Wildman–Crippen LogP) is 9.92. The topological polar surface area (TPSA) is 0 Å². The summed E-state index contributed by atoms with van der Waals surface area (Å²) in [5.41, 5.74) is 5.65. The molecule has 0 N–H and O–H groups in total. The minimum absolute atomic E-state index is 0.541. The molecule has 0 atom stereocenters. The van der Waals surface area contributed by atoms with Crippen LogP contribution in [0.3, 0.4) is 0 Å². The van der Waals surface area contributed by atoms with Crippen molar-refractivity contribution in [2.24, 2.45) is 0 Å². The van der Waals surface area contributed by atoms with Gasteiger partial charge in [-0.2, -0.15) is 0 Å². The van der Waals surface area contributed by atoms with Crippen LogP contribution in [0.2, 0.25) is 0 Å². The Morgan fingerprint density at radius 1 is 0.467 bits per heavy atom. The van der Waals surface area contributed by atoms with Crippen molar-refractivity contribution < 1.29 is 0 Å². The van der Waals surface area contributed by atoms with Gasteiger partial charge in [0.2, 0.25) is 0 Å². The number of aryl methyl sites for hydroxylation is 2. The Hall–Kier alpha value is -1.56. The molecule has 2 aromatic carbocycles. The third-order valence-corrected chi connectivity index (χ3v) is 6.56. The van der Waals surface area contributed by atoms with Crippen molar-refractivity contribution in [1.82, 2.24) is 0 Å². The molecule has 0 saturated carbocycles. The lowest BCUT2D eigenvalue weighted by Crippen LogP contribution is -2.02. The molecule has 166 valence electrons. The Morgan fingerprint density at radius 2 is 0.800 bits per heavy atom. The van der Waals surface area contributed by atoms with E-state index < -0.39 is 0 Å². The summed E-state index contributed by atoms with van der Waals surface area (Å²) in [7, 11) is 0. The molecule has 0 fully saturated rings. The first-order valence-corrected chi connectivity index (χ1v) is 12.8. The SMILES string of the molecule is CCCCCCCCCCCCCCCC(c1ccc(C)cc1)c1ccc(C)cc1. The largest absolute Gasteiger partial charge is 0.0654 e. The van der Waals surface area contributed by atoms with Crippen molar-refractivity contribution in [3.63, 3.8) is 0 Å². The Bertz CT molecular complexity index is 604. The first kappa shape index (κ1) is 24.7. The van der Waals surface area contributed by atoms with E-state index in [1.54, 1.807) is 0 Å². The fourth-order valence-electron chi connectivity index (χ4n) is 4.49. The van der Waals surface area contributed by atoms with Gasteiger partial charge in [0.15, 0.2) is 0 Å². The summed E-state index contributed by atoms with van der Waals surface area (Å²) in [6.07, 6.45) is 19.8. The summed E-state index contributed by atoms with van der Waals surface area (Å²) in [6.45, 7) is 6.65. The highest BCUT2D eigenvalue weighted by Crippen LogP contribution is 2.30. The highest BCUT2D eigenvalue weighted by atomic mass is 14.2. The minimum atomic E-state index is 0.541. The maximum atomic E-state index is 2.34. The Balaban J connectivity index is 1.64. The molecule has 0 nitrogen and oxygen atoms in total. The van der Waals surface area contributed by atoms with Gasteiger partial charge in [0.1, 0.15) is 0 Å². The highest BCUT2D eigenvalue weighted by molar-refractivity contribution is 5.35. The third kappa shape index (κ3) is 9.96. The van der Waals surface area contributed by atoms with Gasteiger partial charge in [-0.25, -0.2) is 0 Å². The number of rotatable bonds is 16. The van der Waals surface area contributed by atoms with E-state index in [0.29, 0.717) is 5.92 Å². The van der Waals surface area contributed by atoms with E-state index in [0.717, 1.165) is 0 Å². The van der Waals surface area contributed by atoms with Gasteiger partial charge in [-0.15, -0.1) is 0 Å². The average Bonchev–Trinajstić information content (AvgIpc) is 2.76. The molecule has 0 amide bonds. The van der Waals surface area contributed by atoms with Gasteiger partial charge in [-0.3, -0.25) is 0 Å². The van der Waals surface area contributed by atoms with Gasteiger partial charge in [0, 0.05) is 5.92 Å². The van der Waals surface area contributed by atoms with Crippen molar-refractivity contribution >= 4 is 0 Å². The van der Waals surface area contributed by atoms with Crippen LogP contribution in [0, 0.1) is 13.8 Å². The van der Waals surface area contributed by atoms with Crippen molar-refractivity contribution in [1.29, 1.82) is 0 Å². The van der Waals surface area contributed by atoms with Crippen LogP contribution in [-0.2, 0) is 0 Å². The molecule has 0 heterocycles. The van der Waals surface area contributed by atoms with Crippen molar-refractivity contribution in [3.8, 4) is 0 Å². The van der Waals surface area contributed by atoms with Crippen molar-refractivity contribution in [2.75, 3.05) is 0 Å². The number of unbranched alkanes of at least 4 members (excludes halogenated alkanes) is 12. The minimum Gasteiger partial charge on any atom is -0.0654 e. The second-order valence-electron chi connectivity index (χ2n) is 9.41. The lowest BCUT2D eigenvalue weighted by atomic mass is 9.86. The Kier molecular flexibility index (Phi) is 12.6. The molecule has 0 saturated heterocycles. The molecule has 0 spiro atoms. The summed E-state index contributed by atoms with van der Waals surface area (Å²) in [6, 6.07) is 18.4. The van der Waals surface area contributed by atoms with Crippen LogP contribution in [0.25, 0.3) is 0 Å². The van der Waals surface area contributed by atoms with E-state index in [1.807, 2.05) is 0 Å². The van der Waals surface area contributed by atoms with Gasteiger partial charge < -0.3 is 0 Å².